The number of benzene rings is 1. The lowest BCUT2D eigenvalue weighted by Crippen LogP contribution is -2.41. The zero-order chi connectivity index (χ0) is 16.1. The summed E-state index contributed by atoms with van der Waals surface area (Å²) in [6.07, 6.45) is 5.76. The van der Waals surface area contributed by atoms with Gasteiger partial charge in [-0.05, 0) is 37.0 Å². The lowest BCUT2D eigenvalue weighted by Gasteiger charge is -2.29. The van der Waals surface area contributed by atoms with E-state index < -0.39 is 0 Å². The molecule has 2 unspecified atom stereocenters. The summed E-state index contributed by atoms with van der Waals surface area (Å²) in [7, 11) is 0. The van der Waals surface area contributed by atoms with E-state index in [9.17, 15) is 4.79 Å². The van der Waals surface area contributed by atoms with Gasteiger partial charge in [0.05, 0.1) is 19.0 Å². The van der Waals surface area contributed by atoms with E-state index in [1.54, 1.807) is 11.8 Å². The standard InChI is InChI=1S/C18H25NO3S/c1-13-5-2-3-6-15(13)19-18(20)12-23-14-7-8-16-17(11-14)22-10-4-9-21-16/h7-8,11,13,15H,2-6,9-10,12H2,1H3,(H,19,20). The van der Waals surface area contributed by atoms with Crippen molar-refractivity contribution < 1.29 is 14.3 Å². The van der Waals surface area contributed by atoms with E-state index in [1.165, 1.54) is 19.3 Å². The number of thioether (sulfide) groups is 1. The van der Waals surface area contributed by atoms with E-state index in [4.69, 9.17) is 9.47 Å². The third kappa shape index (κ3) is 4.56. The summed E-state index contributed by atoms with van der Waals surface area (Å²) in [5.74, 6) is 2.75. The van der Waals surface area contributed by atoms with Gasteiger partial charge in [0.2, 0.25) is 5.91 Å². The van der Waals surface area contributed by atoms with E-state index >= 15 is 0 Å². The van der Waals surface area contributed by atoms with Gasteiger partial charge < -0.3 is 14.8 Å². The van der Waals surface area contributed by atoms with E-state index in [-0.39, 0.29) is 5.91 Å². The van der Waals surface area contributed by atoms with E-state index in [1.807, 2.05) is 18.2 Å². The molecule has 1 aromatic rings. The first-order chi connectivity index (χ1) is 11.2. The largest absolute Gasteiger partial charge is 0.490 e. The van der Waals surface area contributed by atoms with E-state index in [0.717, 1.165) is 29.2 Å². The summed E-state index contributed by atoms with van der Waals surface area (Å²) in [6.45, 7) is 3.61. The zero-order valence-corrected chi connectivity index (χ0v) is 14.5. The number of hydrogen-bond acceptors (Lipinski definition) is 4. The predicted molar refractivity (Wildman–Crippen MR) is 92.3 cm³/mol. The molecule has 1 heterocycles. The molecule has 0 bridgehead atoms. The topological polar surface area (TPSA) is 47.6 Å². The van der Waals surface area contributed by atoms with Crippen LogP contribution < -0.4 is 14.8 Å². The average molecular weight is 335 g/mol. The van der Waals surface area contributed by atoms with Crippen LogP contribution >= 0.6 is 11.8 Å². The third-order valence-electron chi connectivity index (χ3n) is 4.55. The molecule has 5 heteroatoms. The number of nitrogens with one attached hydrogen (secondary N) is 1. The van der Waals surface area contributed by atoms with Crippen molar-refractivity contribution in [2.75, 3.05) is 19.0 Å². The van der Waals surface area contributed by atoms with Gasteiger partial charge in [-0.1, -0.05) is 19.8 Å². The maximum absolute atomic E-state index is 12.2. The van der Waals surface area contributed by atoms with E-state index in [0.29, 0.717) is 30.9 Å². The summed E-state index contributed by atoms with van der Waals surface area (Å²) in [4.78, 5) is 13.2. The minimum Gasteiger partial charge on any atom is -0.490 e. The van der Waals surface area contributed by atoms with Crippen molar-refractivity contribution in [3.05, 3.63) is 18.2 Å². The predicted octanol–water partition coefficient (Wildman–Crippen LogP) is 3.63. The second-order valence-electron chi connectivity index (χ2n) is 6.38. The highest BCUT2D eigenvalue weighted by atomic mass is 32.2. The van der Waals surface area contributed by atoms with Crippen molar-refractivity contribution in [1.82, 2.24) is 5.32 Å². The monoisotopic (exact) mass is 335 g/mol. The normalized spacial score (nSPS) is 23.9. The quantitative estimate of drug-likeness (QED) is 0.854. The summed E-state index contributed by atoms with van der Waals surface area (Å²) < 4.78 is 11.3. The number of amides is 1. The molecule has 1 fully saturated rings. The molecular formula is C18H25NO3S. The highest BCUT2D eigenvalue weighted by Gasteiger charge is 2.22. The molecule has 2 atom stereocenters. The SMILES string of the molecule is CC1CCCCC1NC(=O)CSc1ccc2c(c1)OCCCO2. The third-order valence-corrected chi connectivity index (χ3v) is 5.54. The first kappa shape index (κ1) is 16.5. The average Bonchev–Trinajstić information content (AvgIpc) is 2.80. The number of hydrogen-bond donors (Lipinski definition) is 1. The molecule has 2 aliphatic rings. The Hall–Kier alpha value is -1.36. The number of ether oxygens (including phenoxy) is 2. The highest BCUT2D eigenvalue weighted by molar-refractivity contribution is 8.00. The second-order valence-corrected chi connectivity index (χ2v) is 7.43. The van der Waals surface area contributed by atoms with Crippen LogP contribution in [-0.2, 0) is 4.79 Å². The minimum absolute atomic E-state index is 0.126. The van der Waals surface area contributed by atoms with Crippen LogP contribution in [0.3, 0.4) is 0 Å². The Labute approximate surface area is 142 Å². The van der Waals surface area contributed by atoms with Crippen LogP contribution in [0.5, 0.6) is 11.5 Å². The Bertz CT molecular complexity index is 549. The van der Waals surface area contributed by atoms with Crippen LogP contribution in [0.25, 0.3) is 0 Å². The van der Waals surface area contributed by atoms with Gasteiger partial charge in [-0.2, -0.15) is 0 Å². The molecule has 0 aromatic heterocycles. The van der Waals surface area contributed by atoms with Crippen LogP contribution in [-0.4, -0.2) is 30.9 Å². The van der Waals surface area contributed by atoms with Crippen LogP contribution in [0.2, 0.25) is 0 Å². The first-order valence-electron chi connectivity index (χ1n) is 8.54. The van der Waals surface area contributed by atoms with Gasteiger partial charge in [-0.3, -0.25) is 4.79 Å². The van der Waals surface area contributed by atoms with Crippen LogP contribution in [0, 0.1) is 5.92 Å². The summed E-state index contributed by atoms with van der Waals surface area (Å²) in [6, 6.07) is 6.25. The molecule has 1 saturated carbocycles. The number of carbonyl (C=O) groups excluding carboxylic acids is 1. The van der Waals surface area contributed by atoms with Gasteiger partial charge >= 0.3 is 0 Å². The molecule has 4 nitrogen and oxygen atoms in total. The summed E-state index contributed by atoms with van der Waals surface area (Å²) >= 11 is 1.55. The molecular weight excluding hydrogens is 310 g/mol. The van der Waals surface area contributed by atoms with Gasteiger partial charge in [-0.15, -0.1) is 11.8 Å². The fraction of sp³-hybridized carbons (Fsp3) is 0.611. The lowest BCUT2D eigenvalue weighted by molar-refractivity contribution is -0.119. The smallest absolute Gasteiger partial charge is 0.230 e. The molecule has 23 heavy (non-hydrogen) atoms. The number of fused-ring (bicyclic) bond motifs is 1. The molecule has 0 radical (unpaired) electrons. The Morgan fingerprint density at radius 1 is 1.17 bits per heavy atom. The molecule has 0 spiro atoms. The minimum atomic E-state index is 0.126. The van der Waals surface area contributed by atoms with Crippen molar-refractivity contribution in [3.63, 3.8) is 0 Å². The van der Waals surface area contributed by atoms with Crippen molar-refractivity contribution in [2.24, 2.45) is 5.92 Å². The van der Waals surface area contributed by atoms with Crippen LogP contribution in [0.4, 0.5) is 0 Å². The lowest BCUT2D eigenvalue weighted by atomic mass is 9.86. The molecule has 1 aromatic carbocycles. The maximum atomic E-state index is 12.2. The molecule has 3 rings (SSSR count). The summed E-state index contributed by atoms with van der Waals surface area (Å²) in [5, 5.41) is 3.20. The fourth-order valence-electron chi connectivity index (χ4n) is 3.16. The molecule has 1 amide bonds. The first-order valence-corrected chi connectivity index (χ1v) is 9.53. The Morgan fingerprint density at radius 2 is 1.96 bits per heavy atom. The van der Waals surface area contributed by atoms with Gasteiger partial charge in [0.1, 0.15) is 0 Å². The molecule has 1 aliphatic carbocycles. The van der Waals surface area contributed by atoms with Crippen molar-refractivity contribution in [3.8, 4) is 11.5 Å². The molecule has 126 valence electrons. The second kappa shape index (κ2) is 7.95. The maximum Gasteiger partial charge on any atom is 0.230 e. The Kier molecular flexibility index (Phi) is 5.70. The number of carbonyl (C=O) groups is 1. The van der Waals surface area contributed by atoms with E-state index in [2.05, 4.69) is 12.2 Å². The molecule has 1 N–H and O–H groups in total. The van der Waals surface area contributed by atoms with Gasteiger partial charge in [-0.25, -0.2) is 0 Å². The van der Waals surface area contributed by atoms with Gasteiger partial charge in [0.25, 0.3) is 0 Å². The van der Waals surface area contributed by atoms with Crippen molar-refractivity contribution in [1.29, 1.82) is 0 Å². The summed E-state index contributed by atoms with van der Waals surface area (Å²) in [5.41, 5.74) is 0. The Balaban J connectivity index is 1.51. The highest BCUT2D eigenvalue weighted by Crippen LogP contribution is 2.34. The fourth-order valence-corrected chi connectivity index (χ4v) is 3.90. The molecule has 0 saturated heterocycles. The Morgan fingerprint density at radius 3 is 2.78 bits per heavy atom. The van der Waals surface area contributed by atoms with Crippen LogP contribution in [0.1, 0.15) is 39.0 Å². The van der Waals surface area contributed by atoms with Gasteiger partial charge in [0, 0.05) is 17.4 Å². The van der Waals surface area contributed by atoms with Crippen molar-refractivity contribution >= 4 is 17.7 Å². The van der Waals surface area contributed by atoms with Crippen molar-refractivity contribution in [2.45, 2.75) is 50.0 Å². The number of rotatable bonds is 4. The van der Waals surface area contributed by atoms with Gasteiger partial charge in [0.15, 0.2) is 11.5 Å². The molecule has 1 aliphatic heterocycles. The zero-order valence-electron chi connectivity index (χ0n) is 13.7. The van der Waals surface area contributed by atoms with Crippen LogP contribution in [0.15, 0.2) is 23.1 Å².